The van der Waals surface area contributed by atoms with E-state index >= 15 is 0 Å². The lowest BCUT2D eigenvalue weighted by Crippen LogP contribution is -2.14. The number of hydrogen-bond donors (Lipinski definition) is 2. The summed E-state index contributed by atoms with van der Waals surface area (Å²) in [5.41, 5.74) is 0.524. The van der Waals surface area contributed by atoms with Crippen molar-refractivity contribution in [1.29, 1.82) is 0 Å². The number of benzene rings is 1. The Balaban J connectivity index is 2.15. The van der Waals surface area contributed by atoms with Gasteiger partial charge in [0.25, 0.3) is 5.91 Å². The molecule has 0 saturated heterocycles. The van der Waals surface area contributed by atoms with Gasteiger partial charge in [-0.1, -0.05) is 12.1 Å². The van der Waals surface area contributed by atoms with Gasteiger partial charge in [-0.2, -0.15) is 0 Å². The van der Waals surface area contributed by atoms with Crippen LogP contribution >= 0.6 is 11.6 Å². The number of para-hydroxylation sites is 2. The van der Waals surface area contributed by atoms with Gasteiger partial charge in [0.1, 0.15) is 5.75 Å². The molecule has 2 rings (SSSR count). The van der Waals surface area contributed by atoms with Crippen LogP contribution in [0.5, 0.6) is 5.75 Å². The number of aliphatic carboxylic acids is 1. The highest BCUT2D eigenvalue weighted by Crippen LogP contribution is 2.25. The maximum Gasteiger partial charge on any atom is 0.341 e. The molecule has 7 heteroatoms. The maximum atomic E-state index is 12.0. The molecular weight excluding hydrogens is 286 g/mol. The number of carboxylic acid groups (broad SMARTS) is 1. The first kappa shape index (κ1) is 14.0. The molecule has 20 heavy (non-hydrogen) atoms. The van der Waals surface area contributed by atoms with Crippen molar-refractivity contribution < 1.29 is 23.8 Å². The molecule has 0 aliphatic rings. The molecule has 1 aromatic heterocycles. The molecule has 6 nitrogen and oxygen atoms in total. The summed E-state index contributed by atoms with van der Waals surface area (Å²) in [6.45, 7) is -0.501. The van der Waals surface area contributed by atoms with E-state index in [0.717, 1.165) is 0 Å². The molecule has 1 aromatic carbocycles. The molecule has 0 aliphatic carbocycles. The van der Waals surface area contributed by atoms with Gasteiger partial charge < -0.3 is 19.6 Å². The molecule has 2 aromatic rings. The van der Waals surface area contributed by atoms with Gasteiger partial charge in [0, 0.05) is 0 Å². The van der Waals surface area contributed by atoms with E-state index in [1.54, 1.807) is 24.3 Å². The number of anilines is 1. The van der Waals surface area contributed by atoms with E-state index < -0.39 is 18.5 Å². The number of rotatable bonds is 5. The van der Waals surface area contributed by atoms with E-state index in [0.29, 0.717) is 5.69 Å². The van der Waals surface area contributed by atoms with Crippen LogP contribution in [0.25, 0.3) is 0 Å². The van der Waals surface area contributed by atoms with Crippen molar-refractivity contribution in [2.75, 3.05) is 11.9 Å². The first-order chi connectivity index (χ1) is 9.58. The minimum atomic E-state index is -1.11. The maximum absolute atomic E-state index is 12.0. The molecule has 0 saturated carbocycles. The molecule has 0 spiro atoms. The third kappa shape index (κ3) is 3.30. The van der Waals surface area contributed by atoms with Crippen LogP contribution in [0.4, 0.5) is 5.69 Å². The molecule has 0 atom stereocenters. The van der Waals surface area contributed by atoms with E-state index in [9.17, 15) is 9.59 Å². The Hall–Kier alpha value is -2.47. The third-order valence-corrected chi connectivity index (χ3v) is 2.64. The average Bonchev–Trinajstić information content (AvgIpc) is 2.84. The molecule has 2 N–H and O–H groups in total. The van der Waals surface area contributed by atoms with Crippen molar-refractivity contribution in [1.82, 2.24) is 0 Å². The minimum absolute atomic E-state index is 0.0218. The zero-order valence-electron chi connectivity index (χ0n) is 10.1. The number of amides is 1. The number of furan rings is 1. The highest BCUT2D eigenvalue weighted by molar-refractivity contribution is 6.32. The summed E-state index contributed by atoms with van der Waals surface area (Å²) in [4.78, 5) is 22.5. The van der Waals surface area contributed by atoms with Crippen LogP contribution in [0.2, 0.25) is 5.22 Å². The van der Waals surface area contributed by atoms with Gasteiger partial charge in [0.15, 0.2) is 6.61 Å². The van der Waals surface area contributed by atoms with Crippen molar-refractivity contribution >= 4 is 29.2 Å². The molecule has 1 heterocycles. The Bertz CT molecular complexity index is 637. The lowest BCUT2D eigenvalue weighted by atomic mass is 10.2. The summed E-state index contributed by atoms with van der Waals surface area (Å²) in [5, 5.41) is 11.1. The predicted molar refractivity (Wildman–Crippen MR) is 71.2 cm³/mol. The number of nitrogens with one attached hydrogen (secondary N) is 1. The second-order valence-corrected chi connectivity index (χ2v) is 4.08. The van der Waals surface area contributed by atoms with Crippen molar-refractivity contribution in [3.8, 4) is 5.75 Å². The number of carbonyl (C=O) groups is 2. The summed E-state index contributed by atoms with van der Waals surface area (Å²) >= 11 is 5.71. The van der Waals surface area contributed by atoms with Crippen molar-refractivity contribution in [2.45, 2.75) is 0 Å². The first-order valence-electron chi connectivity index (χ1n) is 5.56. The van der Waals surface area contributed by atoms with E-state index in [2.05, 4.69) is 5.32 Å². The van der Waals surface area contributed by atoms with Gasteiger partial charge >= 0.3 is 5.97 Å². The second-order valence-electron chi connectivity index (χ2n) is 3.74. The van der Waals surface area contributed by atoms with E-state index in [1.807, 2.05) is 0 Å². The molecule has 0 aliphatic heterocycles. The lowest BCUT2D eigenvalue weighted by molar-refractivity contribution is -0.139. The molecule has 0 radical (unpaired) electrons. The van der Waals surface area contributed by atoms with Crippen LogP contribution in [-0.4, -0.2) is 23.6 Å². The Morgan fingerprint density at radius 1 is 1.30 bits per heavy atom. The van der Waals surface area contributed by atoms with Crippen molar-refractivity contribution in [3.63, 3.8) is 0 Å². The Kier molecular flexibility index (Phi) is 4.27. The van der Waals surface area contributed by atoms with Crippen molar-refractivity contribution in [2.24, 2.45) is 0 Å². The van der Waals surface area contributed by atoms with Crippen LogP contribution in [0.15, 0.2) is 41.0 Å². The third-order valence-electron chi connectivity index (χ3n) is 2.35. The largest absolute Gasteiger partial charge is 0.480 e. The lowest BCUT2D eigenvalue weighted by Gasteiger charge is -2.10. The van der Waals surface area contributed by atoms with Crippen molar-refractivity contribution in [3.05, 3.63) is 47.4 Å². The molecular formula is C13H10ClNO5. The van der Waals surface area contributed by atoms with Crippen LogP contribution < -0.4 is 10.1 Å². The van der Waals surface area contributed by atoms with Crippen LogP contribution in [0.1, 0.15) is 10.4 Å². The quantitative estimate of drug-likeness (QED) is 0.885. The van der Waals surface area contributed by atoms with E-state index in [1.165, 1.54) is 12.3 Å². The second kappa shape index (κ2) is 6.12. The average molecular weight is 296 g/mol. The Labute approximate surface area is 118 Å². The molecule has 1 amide bonds. The fourth-order valence-corrected chi connectivity index (χ4v) is 1.68. The first-order valence-corrected chi connectivity index (χ1v) is 5.93. The summed E-state index contributed by atoms with van der Waals surface area (Å²) in [6.07, 6.45) is 1.30. The van der Waals surface area contributed by atoms with Crippen LogP contribution in [0, 0.1) is 0 Å². The number of ether oxygens (including phenoxy) is 1. The fourth-order valence-electron chi connectivity index (χ4n) is 1.48. The molecule has 0 unspecified atom stereocenters. The Morgan fingerprint density at radius 3 is 2.70 bits per heavy atom. The van der Waals surface area contributed by atoms with Crippen LogP contribution in [0.3, 0.4) is 0 Å². The summed E-state index contributed by atoms with van der Waals surface area (Å²) in [6, 6.07) is 7.91. The van der Waals surface area contributed by atoms with Crippen LogP contribution in [-0.2, 0) is 4.79 Å². The number of halogens is 1. The number of hydrogen-bond acceptors (Lipinski definition) is 4. The Morgan fingerprint density at radius 2 is 2.05 bits per heavy atom. The van der Waals surface area contributed by atoms with Gasteiger partial charge in [0.05, 0.1) is 17.5 Å². The molecule has 0 bridgehead atoms. The SMILES string of the molecule is O=C(O)COc1ccccc1NC(=O)c1ccoc1Cl. The van der Waals surface area contributed by atoms with E-state index in [-0.39, 0.29) is 16.5 Å². The molecule has 0 fully saturated rings. The summed E-state index contributed by atoms with van der Waals surface area (Å²) < 4.78 is 9.90. The van der Waals surface area contributed by atoms with Gasteiger partial charge in [-0.25, -0.2) is 4.79 Å². The summed E-state index contributed by atoms with van der Waals surface area (Å²) in [7, 11) is 0. The van der Waals surface area contributed by atoms with Gasteiger partial charge in [-0.05, 0) is 29.8 Å². The zero-order valence-corrected chi connectivity index (χ0v) is 10.9. The molecule has 104 valence electrons. The highest BCUT2D eigenvalue weighted by Gasteiger charge is 2.15. The smallest absolute Gasteiger partial charge is 0.341 e. The monoisotopic (exact) mass is 295 g/mol. The normalized spacial score (nSPS) is 10.1. The summed E-state index contributed by atoms with van der Waals surface area (Å²) in [5.74, 6) is -1.33. The predicted octanol–water partition coefficient (Wildman–Crippen LogP) is 2.65. The zero-order chi connectivity index (χ0) is 14.5. The van der Waals surface area contributed by atoms with Gasteiger partial charge in [-0.3, -0.25) is 4.79 Å². The van der Waals surface area contributed by atoms with Gasteiger partial charge in [0.2, 0.25) is 5.22 Å². The van der Waals surface area contributed by atoms with E-state index in [4.69, 9.17) is 25.9 Å². The minimum Gasteiger partial charge on any atom is -0.480 e. The topological polar surface area (TPSA) is 88.8 Å². The highest BCUT2D eigenvalue weighted by atomic mass is 35.5. The van der Waals surface area contributed by atoms with Gasteiger partial charge in [-0.15, -0.1) is 0 Å². The number of carboxylic acids is 1. The number of carbonyl (C=O) groups excluding carboxylic acids is 1. The fraction of sp³-hybridized carbons (Fsp3) is 0.0769. The standard InChI is InChI=1S/C13H10ClNO5/c14-12-8(5-6-19-12)13(18)15-9-3-1-2-4-10(9)20-7-11(16)17/h1-6H,7H2,(H,15,18)(H,16,17).